The Labute approximate surface area is 147 Å². The summed E-state index contributed by atoms with van der Waals surface area (Å²) < 4.78 is 11.2. The first-order valence-corrected chi connectivity index (χ1v) is 7.79. The maximum atomic E-state index is 11.7. The Balaban J connectivity index is 1.83. The first-order chi connectivity index (χ1) is 11.1. The number of ether oxygens (including phenoxy) is 2. The third-order valence-electron chi connectivity index (χ3n) is 2.75. The molecule has 0 saturated carbocycles. The van der Waals surface area contributed by atoms with Crippen molar-refractivity contribution in [3.63, 3.8) is 0 Å². The second-order valence-corrected chi connectivity index (χ2v) is 5.72. The van der Waals surface area contributed by atoms with E-state index in [4.69, 9.17) is 21.1 Å². The molecule has 0 spiro atoms. The van der Waals surface area contributed by atoms with Crippen molar-refractivity contribution in [2.75, 3.05) is 13.7 Å². The van der Waals surface area contributed by atoms with Gasteiger partial charge >= 0.3 is 0 Å². The van der Waals surface area contributed by atoms with Crippen molar-refractivity contribution in [2.24, 2.45) is 5.10 Å². The fourth-order valence-electron chi connectivity index (χ4n) is 1.67. The Morgan fingerprint density at radius 2 is 2.17 bits per heavy atom. The lowest BCUT2D eigenvalue weighted by molar-refractivity contribution is -0.123. The predicted octanol–water partition coefficient (Wildman–Crippen LogP) is 3.64. The van der Waals surface area contributed by atoms with Gasteiger partial charge in [0.15, 0.2) is 6.61 Å². The zero-order valence-corrected chi connectivity index (χ0v) is 14.6. The topological polar surface area (TPSA) is 59.9 Å². The van der Waals surface area contributed by atoms with E-state index >= 15 is 0 Å². The van der Waals surface area contributed by atoms with Crippen molar-refractivity contribution in [3.05, 3.63) is 57.5 Å². The molecule has 2 aromatic carbocycles. The van der Waals surface area contributed by atoms with Crippen molar-refractivity contribution in [1.29, 1.82) is 0 Å². The van der Waals surface area contributed by atoms with Crippen LogP contribution in [0.1, 0.15) is 5.56 Å². The van der Waals surface area contributed by atoms with Gasteiger partial charge in [0.05, 0.1) is 17.8 Å². The normalized spacial score (nSPS) is 10.6. The van der Waals surface area contributed by atoms with Gasteiger partial charge in [-0.1, -0.05) is 23.7 Å². The van der Waals surface area contributed by atoms with Crippen LogP contribution in [0.5, 0.6) is 11.5 Å². The van der Waals surface area contributed by atoms with Crippen molar-refractivity contribution in [1.82, 2.24) is 5.43 Å². The number of hydrogen-bond donors (Lipinski definition) is 1. The highest BCUT2D eigenvalue weighted by molar-refractivity contribution is 9.10. The van der Waals surface area contributed by atoms with Crippen LogP contribution in [0, 0.1) is 0 Å². The van der Waals surface area contributed by atoms with Gasteiger partial charge in [-0.25, -0.2) is 5.43 Å². The SMILES string of the molecule is COc1ccc(OCC(=O)NN=Cc2cccc(Cl)c2)c(Br)c1. The van der Waals surface area contributed by atoms with Crippen molar-refractivity contribution in [2.45, 2.75) is 0 Å². The molecule has 120 valence electrons. The van der Waals surface area contributed by atoms with Gasteiger partial charge < -0.3 is 9.47 Å². The summed E-state index contributed by atoms with van der Waals surface area (Å²) in [6.45, 7) is -0.155. The number of hydrazone groups is 1. The number of amides is 1. The Bertz CT molecular complexity index is 722. The third kappa shape index (κ3) is 5.58. The minimum absolute atomic E-state index is 0.155. The van der Waals surface area contributed by atoms with Crippen molar-refractivity contribution < 1.29 is 14.3 Å². The van der Waals surface area contributed by atoms with E-state index < -0.39 is 0 Å². The van der Waals surface area contributed by atoms with Crippen LogP contribution < -0.4 is 14.9 Å². The first kappa shape index (κ1) is 17.3. The van der Waals surface area contributed by atoms with E-state index in [1.165, 1.54) is 6.21 Å². The van der Waals surface area contributed by atoms with E-state index in [0.717, 1.165) is 5.56 Å². The monoisotopic (exact) mass is 396 g/mol. The number of methoxy groups -OCH3 is 1. The molecular weight excluding hydrogens is 384 g/mol. The summed E-state index contributed by atoms with van der Waals surface area (Å²) in [5, 5.41) is 4.45. The van der Waals surface area contributed by atoms with Gasteiger partial charge in [-0.2, -0.15) is 5.10 Å². The first-order valence-electron chi connectivity index (χ1n) is 6.62. The van der Waals surface area contributed by atoms with Crippen LogP contribution in [0.4, 0.5) is 0 Å². The average Bonchev–Trinajstić information content (AvgIpc) is 2.53. The molecule has 7 heteroatoms. The fraction of sp³-hybridized carbons (Fsp3) is 0.125. The van der Waals surface area contributed by atoms with Gasteiger partial charge in [-0.3, -0.25) is 4.79 Å². The molecule has 0 aliphatic rings. The van der Waals surface area contributed by atoms with Crippen LogP contribution in [-0.2, 0) is 4.79 Å². The van der Waals surface area contributed by atoms with Crippen molar-refractivity contribution in [3.8, 4) is 11.5 Å². The lowest BCUT2D eigenvalue weighted by Crippen LogP contribution is -2.24. The summed E-state index contributed by atoms with van der Waals surface area (Å²) in [7, 11) is 1.58. The number of nitrogens with zero attached hydrogens (tertiary/aromatic N) is 1. The molecule has 1 amide bonds. The lowest BCUT2D eigenvalue weighted by atomic mass is 10.2. The lowest BCUT2D eigenvalue weighted by Gasteiger charge is -2.08. The summed E-state index contributed by atoms with van der Waals surface area (Å²) >= 11 is 9.21. The third-order valence-corrected chi connectivity index (χ3v) is 3.60. The van der Waals surface area contributed by atoms with E-state index in [1.807, 2.05) is 6.07 Å². The Morgan fingerprint density at radius 1 is 1.35 bits per heavy atom. The number of hydrogen-bond acceptors (Lipinski definition) is 4. The van der Waals surface area contributed by atoms with Crippen LogP contribution in [-0.4, -0.2) is 25.8 Å². The smallest absolute Gasteiger partial charge is 0.277 e. The van der Waals surface area contributed by atoms with E-state index in [9.17, 15) is 4.79 Å². The molecule has 0 saturated heterocycles. The molecule has 23 heavy (non-hydrogen) atoms. The number of nitrogens with one attached hydrogen (secondary N) is 1. The Morgan fingerprint density at radius 3 is 2.87 bits per heavy atom. The summed E-state index contributed by atoms with van der Waals surface area (Å²) in [6.07, 6.45) is 1.51. The van der Waals surface area contributed by atoms with Crippen LogP contribution in [0.2, 0.25) is 5.02 Å². The largest absolute Gasteiger partial charge is 0.497 e. The molecule has 0 unspecified atom stereocenters. The van der Waals surface area contributed by atoms with Gasteiger partial charge in [0.25, 0.3) is 5.91 Å². The molecule has 0 atom stereocenters. The molecule has 0 bridgehead atoms. The molecule has 1 N–H and O–H groups in total. The van der Waals surface area contributed by atoms with E-state index in [-0.39, 0.29) is 12.5 Å². The van der Waals surface area contributed by atoms with E-state index in [1.54, 1.807) is 43.5 Å². The summed E-state index contributed by atoms with van der Waals surface area (Å²) in [4.78, 5) is 11.7. The Kier molecular flexibility index (Phi) is 6.43. The van der Waals surface area contributed by atoms with Gasteiger partial charge in [0.1, 0.15) is 11.5 Å². The molecule has 0 fully saturated rings. The second-order valence-electron chi connectivity index (χ2n) is 4.43. The molecule has 0 aliphatic carbocycles. The molecule has 2 aromatic rings. The standard InChI is InChI=1S/C16H14BrClN2O3/c1-22-13-5-6-15(14(17)8-13)23-10-16(21)20-19-9-11-3-2-4-12(18)7-11/h2-9H,10H2,1H3,(H,20,21). The summed E-state index contributed by atoms with van der Waals surface area (Å²) in [5.41, 5.74) is 3.17. The molecule has 0 aromatic heterocycles. The van der Waals surface area contributed by atoms with E-state index in [0.29, 0.717) is 21.0 Å². The number of halogens is 2. The molecular formula is C16H14BrClN2O3. The predicted molar refractivity (Wildman–Crippen MR) is 93.4 cm³/mol. The minimum atomic E-state index is -0.369. The number of carbonyl (C=O) groups excluding carboxylic acids is 1. The second kappa shape index (κ2) is 8.55. The highest BCUT2D eigenvalue weighted by Gasteiger charge is 2.06. The highest BCUT2D eigenvalue weighted by atomic mass is 79.9. The quantitative estimate of drug-likeness (QED) is 0.598. The summed E-state index contributed by atoms with van der Waals surface area (Å²) in [5.74, 6) is 0.866. The zero-order valence-electron chi connectivity index (χ0n) is 12.3. The maximum Gasteiger partial charge on any atom is 0.277 e. The molecule has 0 aliphatic heterocycles. The molecule has 2 rings (SSSR count). The van der Waals surface area contributed by atoms with E-state index in [2.05, 4.69) is 26.5 Å². The zero-order chi connectivity index (χ0) is 16.7. The van der Waals surface area contributed by atoms with Gasteiger partial charge in [-0.15, -0.1) is 0 Å². The fourth-order valence-corrected chi connectivity index (χ4v) is 2.34. The average molecular weight is 398 g/mol. The van der Waals surface area contributed by atoms with Gasteiger partial charge in [0, 0.05) is 5.02 Å². The van der Waals surface area contributed by atoms with Crippen molar-refractivity contribution >= 4 is 39.7 Å². The number of rotatable bonds is 6. The summed E-state index contributed by atoms with van der Waals surface area (Å²) in [6, 6.07) is 12.3. The number of carbonyl (C=O) groups is 1. The van der Waals surface area contributed by atoms with Crippen LogP contribution >= 0.6 is 27.5 Å². The molecule has 5 nitrogen and oxygen atoms in total. The molecule has 0 radical (unpaired) electrons. The Hall–Kier alpha value is -2.05. The van der Waals surface area contributed by atoms with Gasteiger partial charge in [0.2, 0.25) is 0 Å². The molecule has 0 heterocycles. The minimum Gasteiger partial charge on any atom is -0.497 e. The van der Waals surface area contributed by atoms with Crippen LogP contribution in [0.25, 0.3) is 0 Å². The van der Waals surface area contributed by atoms with Crippen LogP contribution in [0.15, 0.2) is 52.0 Å². The highest BCUT2D eigenvalue weighted by Crippen LogP contribution is 2.28. The maximum absolute atomic E-state index is 11.7. The number of benzene rings is 2. The van der Waals surface area contributed by atoms with Gasteiger partial charge in [-0.05, 0) is 51.8 Å². The van der Waals surface area contributed by atoms with Crippen LogP contribution in [0.3, 0.4) is 0 Å².